The quantitative estimate of drug-likeness (QED) is 0.842. The lowest BCUT2D eigenvalue weighted by atomic mass is 10.1. The first kappa shape index (κ1) is 18.5. The third-order valence-corrected chi connectivity index (χ3v) is 6.09. The van der Waals surface area contributed by atoms with Crippen LogP contribution in [0.4, 0.5) is 4.39 Å². The van der Waals surface area contributed by atoms with Crippen molar-refractivity contribution in [2.24, 2.45) is 0 Å². The maximum Gasteiger partial charge on any atom is 0.254 e. The summed E-state index contributed by atoms with van der Waals surface area (Å²) in [6, 6.07) is 12.6. The maximum absolute atomic E-state index is 14.1. The molecule has 2 aromatic carbocycles. The molecule has 1 saturated carbocycles. The minimum absolute atomic E-state index is 0.132. The molecule has 1 fully saturated rings. The molecule has 3 rings (SSSR count). The van der Waals surface area contributed by atoms with Gasteiger partial charge in [0, 0.05) is 18.7 Å². The Kier molecular flexibility index (Phi) is 5.11. The number of sulfonamides is 1. The Bertz CT molecular complexity index is 912. The number of nitrogens with one attached hydrogen (secondary N) is 1. The SMILES string of the molecule is CC(c1ccccc1)N(C)C(=O)c1ccc(F)c(S(=O)(=O)NC2CC2)c1. The Morgan fingerprint density at radius 3 is 2.46 bits per heavy atom. The first-order valence-electron chi connectivity index (χ1n) is 8.43. The van der Waals surface area contributed by atoms with Gasteiger partial charge in [-0.05, 0) is 43.5 Å². The number of halogens is 1. The van der Waals surface area contributed by atoms with Crippen LogP contribution in [0.1, 0.15) is 41.7 Å². The number of carbonyl (C=O) groups is 1. The van der Waals surface area contributed by atoms with Gasteiger partial charge in [0.05, 0.1) is 6.04 Å². The van der Waals surface area contributed by atoms with Gasteiger partial charge in [-0.25, -0.2) is 17.5 Å². The Balaban J connectivity index is 1.86. The third kappa shape index (κ3) is 3.94. The summed E-state index contributed by atoms with van der Waals surface area (Å²) < 4.78 is 41.2. The van der Waals surface area contributed by atoms with E-state index < -0.39 is 20.7 Å². The van der Waals surface area contributed by atoms with Crippen LogP contribution >= 0.6 is 0 Å². The van der Waals surface area contributed by atoms with Crippen LogP contribution < -0.4 is 4.72 Å². The van der Waals surface area contributed by atoms with Gasteiger partial charge in [0.1, 0.15) is 10.7 Å². The summed E-state index contributed by atoms with van der Waals surface area (Å²) in [7, 11) is -2.34. The molecule has 0 heterocycles. The molecule has 0 spiro atoms. The molecular weight excluding hydrogens is 355 g/mol. The Morgan fingerprint density at radius 1 is 1.19 bits per heavy atom. The van der Waals surface area contributed by atoms with Crippen LogP contribution in [0.15, 0.2) is 53.4 Å². The van der Waals surface area contributed by atoms with Crippen molar-refractivity contribution in [2.75, 3.05) is 7.05 Å². The highest BCUT2D eigenvalue weighted by molar-refractivity contribution is 7.89. The van der Waals surface area contributed by atoms with Crippen LogP contribution in [-0.2, 0) is 10.0 Å². The van der Waals surface area contributed by atoms with Crippen LogP contribution in [0.25, 0.3) is 0 Å². The zero-order valence-electron chi connectivity index (χ0n) is 14.6. The molecule has 1 aliphatic rings. The number of carbonyl (C=O) groups excluding carboxylic acids is 1. The van der Waals surface area contributed by atoms with Gasteiger partial charge >= 0.3 is 0 Å². The standard InChI is InChI=1S/C19H21FN2O3S/c1-13(14-6-4-3-5-7-14)22(2)19(23)15-8-11-17(20)18(12-15)26(24,25)21-16-9-10-16/h3-8,11-13,16,21H,9-10H2,1-2H3. The molecule has 2 aromatic rings. The topological polar surface area (TPSA) is 66.5 Å². The summed E-state index contributed by atoms with van der Waals surface area (Å²) in [5.74, 6) is -1.24. The van der Waals surface area contributed by atoms with E-state index in [0.29, 0.717) is 0 Å². The van der Waals surface area contributed by atoms with Gasteiger partial charge in [-0.1, -0.05) is 30.3 Å². The smallest absolute Gasteiger partial charge is 0.254 e. The second-order valence-corrected chi connectivity index (χ2v) is 8.23. The second-order valence-electron chi connectivity index (χ2n) is 6.54. The lowest BCUT2D eigenvalue weighted by molar-refractivity contribution is 0.0742. The Labute approximate surface area is 152 Å². The molecule has 26 heavy (non-hydrogen) atoms. The first-order valence-corrected chi connectivity index (χ1v) is 9.92. The molecule has 7 heteroatoms. The molecule has 1 atom stereocenters. The summed E-state index contributed by atoms with van der Waals surface area (Å²) in [5, 5.41) is 0. The third-order valence-electron chi connectivity index (χ3n) is 4.55. The predicted molar refractivity (Wildman–Crippen MR) is 96.7 cm³/mol. The van der Waals surface area contributed by atoms with Gasteiger partial charge in [0.25, 0.3) is 5.91 Å². The zero-order chi connectivity index (χ0) is 18.9. The van der Waals surface area contributed by atoms with Crippen molar-refractivity contribution >= 4 is 15.9 Å². The number of nitrogens with zero attached hydrogens (tertiary/aromatic N) is 1. The van der Waals surface area contributed by atoms with Crippen LogP contribution in [-0.4, -0.2) is 32.3 Å². The van der Waals surface area contributed by atoms with Gasteiger partial charge in [0.2, 0.25) is 10.0 Å². The zero-order valence-corrected chi connectivity index (χ0v) is 15.5. The fourth-order valence-corrected chi connectivity index (χ4v) is 4.07. The van der Waals surface area contributed by atoms with E-state index in [0.717, 1.165) is 30.5 Å². The average molecular weight is 376 g/mol. The van der Waals surface area contributed by atoms with E-state index in [1.807, 2.05) is 37.3 Å². The van der Waals surface area contributed by atoms with Crippen molar-refractivity contribution < 1.29 is 17.6 Å². The number of hydrogen-bond donors (Lipinski definition) is 1. The lowest BCUT2D eigenvalue weighted by Gasteiger charge is -2.25. The van der Waals surface area contributed by atoms with Crippen molar-refractivity contribution in [1.29, 1.82) is 0 Å². The molecule has 1 amide bonds. The van der Waals surface area contributed by atoms with E-state index >= 15 is 0 Å². The van der Waals surface area contributed by atoms with Crippen LogP contribution in [0.5, 0.6) is 0 Å². The molecular formula is C19H21FN2O3S. The maximum atomic E-state index is 14.1. The summed E-state index contributed by atoms with van der Waals surface area (Å²) in [6.45, 7) is 1.88. The van der Waals surface area contributed by atoms with Gasteiger partial charge in [0.15, 0.2) is 0 Å². The monoisotopic (exact) mass is 376 g/mol. The van der Waals surface area contributed by atoms with Gasteiger partial charge in [-0.3, -0.25) is 4.79 Å². The van der Waals surface area contributed by atoms with E-state index in [2.05, 4.69) is 4.72 Å². The van der Waals surface area contributed by atoms with Crippen molar-refractivity contribution in [3.63, 3.8) is 0 Å². The average Bonchev–Trinajstić information content (AvgIpc) is 3.44. The Morgan fingerprint density at radius 2 is 1.85 bits per heavy atom. The molecule has 1 unspecified atom stereocenters. The van der Waals surface area contributed by atoms with Crippen LogP contribution in [0, 0.1) is 5.82 Å². The number of benzene rings is 2. The molecule has 0 saturated heterocycles. The van der Waals surface area contributed by atoms with Crippen LogP contribution in [0.3, 0.4) is 0 Å². The molecule has 1 N–H and O–H groups in total. The molecule has 138 valence electrons. The number of hydrogen-bond acceptors (Lipinski definition) is 3. The van der Waals surface area contributed by atoms with Crippen molar-refractivity contribution in [3.05, 3.63) is 65.5 Å². The minimum atomic E-state index is -3.98. The summed E-state index contributed by atoms with van der Waals surface area (Å²) >= 11 is 0. The summed E-state index contributed by atoms with van der Waals surface area (Å²) in [4.78, 5) is 13.8. The van der Waals surface area contributed by atoms with E-state index in [1.165, 1.54) is 11.0 Å². The highest BCUT2D eigenvalue weighted by Crippen LogP contribution is 2.25. The van der Waals surface area contributed by atoms with Gasteiger partial charge in [-0.15, -0.1) is 0 Å². The molecule has 1 aliphatic carbocycles. The number of rotatable bonds is 6. The molecule has 0 radical (unpaired) electrons. The van der Waals surface area contributed by atoms with E-state index in [4.69, 9.17) is 0 Å². The van der Waals surface area contributed by atoms with Gasteiger partial charge in [-0.2, -0.15) is 0 Å². The highest BCUT2D eigenvalue weighted by Gasteiger charge is 2.30. The molecule has 0 bridgehead atoms. The van der Waals surface area contributed by atoms with Crippen molar-refractivity contribution in [2.45, 2.75) is 36.7 Å². The van der Waals surface area contributed by atoms with E-state index in [9.17, 15) is 17.6 Å². The molecule has 5 nitrogen and oxygen atoms in total. The fourth-order valence-electron chi connectivity index (χ4n) is 2.66. The first-order chi connectivity index (χ1) is 12.3. The molecule has 0 aliphatic heterocycles. The van der Waals surface area contributed by atoms with Gasteiger partial charge < -0.3 is 4.90 Å². The Hall–Kier alpha value is -2.25. The van der Waals surface area contributed by atoms with E-state index in [1.54, 1.807) is 7.05 Å². The fraction of sp³-hybridized carbons (Fsp3) is 0.316. The van der Waals surface area contributed by atoms with Crippen molar-refractivity contribution in [1.82, 2.24) is 9.62 Å². The van der Waals surface area contributed by atoms with E-state index in [-0.39, 0.29) is 23.6 Å². The molecule has 0 aromatic heterocycles. The second kappa shape index (κ2) is 7.17. The van der Waals surface area contributed by atoms with Crippen LogP contribution in [0.2, 0.25) is 0 Å². The van der Waals surface area contributed by atoms with Crippen molar-refractivity contribution in [3.8, 4) is 0 Å². The summed E-state index contributed by atoms with van der Waals surface area (Å²) in [5.41, 5.74) is 1.08. The lowest BCUT2D eigenvalue weighted by Crippen LogP contribution is -2.30. The largest absolute Gasteiger partial charge is 0.335 e. The summed E-state index contributed by atoms with van der Waals surface area (Å²) in [6.07, 6.45) is 1.49. The predicted octanol–water partition coefficient (Wildman–Crippen LogP) is 3.10. The normalized spacial score (nSPS) is 15.5. The minimum Gasteiger partial charge on any atom is -0.335 e. The highest BCUT2D eigenvalue weighted by atomic mass is 32.2. The number of amides is 1.